The maximum atomic E-state index is 13.8. The van der Waals surface area contributed by atoms with Crippen LogP contribution in [0.4, 0.5) is 4.39 Å². The molecule has 88 valence electrons. The van der Waals surface area contributed by atoms with Crippen LogP contribution in [0.3, 0.4) is 0 Å². The number of hydrogen-bond donors (Lipinski definition) is 1. The van der Waals surface area contributed by atoms with Gasteiger partial charge in [-0.2, -0.15) is 0 Å². The maximum absolute atomic E-state index is 13.8. The first-order valence-electron chi connectivity index (χ1n) is 5.40. The van der Waals surface area contributed by atoms with E-state index in [0.717, 1.165) is 5.56 Å². The molecule has 0 fully saturated rings. The third-order valence-corrected chi connectivity index (χ3v) is 2.91. The van der Waals surface area contributed by atoms with Crippen LogP contribution in [0.15, 0.2) is 12.1 Å². The molecule has 1 aromatic carbocycles. The van der Waals surface area contributed by atoms with E-state index < -0.39 is 11.4 Å². The molecular weight excluding hydrogens is 205 g/mol. The van der Waals surface area contributed by atoms with Crippen molar-refractivity contribution < 1.29 is 9.18 Å². The first kappa shape index (κ1) is 12.8. The van der Waals surface area contributed by atoms with Gasteiger partial charge >= 0.3 is 0 Å². The van der Waals surface area contributed by atoms with Crippen molar-refractivity contribution >= 4 is 5.78 Å². The summed E-state index contributed by atoms with van der Waals surface area (Å²) in [5.74, 6) is -0.808. The Kier molecular flexibility index (Phi) is 3.48. The van der Waals surface area contributed by atoms with Crippen LogP contribution in [-0.4, -0.2) is 11.3 Å². The highest BCUT2D eigenvalue weighted by Crippen LogP contribution is 2.21. The molecule has 1 aromatic rings. The molecule has 1 unspecified atom stereocenters. The number of hydrogen-bond acceptors (Lipinski definition) is 2. The number of aryl methyl sites for hydroxylation is 2. The molecule has 0 heterocycles. The average Bonchev–Trinajstić information content (AvgIpc) is 2.15. The highest BCUT2D eigenvalue weighted by molar-refractivity contribution is 6.04. The summed E-state index contributed by atoms with van der Waals surface area (Å²) in [6.07, 6.45) is 0.485. The summed E-state index contributed by atoms with van der Waals surface area (Å²) in [6, 6.07) is 3.16. The Hall–Kier alpha value is -1.22. The maximum Gasteiger partial charge on any atom is 0.185 e. The molecule has 0 saturated carbocycles. The molecule has 0 aliphatic rings. The fraction of sp³-hybridized carbons (Fsp3) is 0.462. The standard InChI is InChI=1S/C13H18FNO/c1-5-13(4,15)12(16)11-9(3)6-8(2)7-10(11)14/h6-7H,5,15H2,1-4H3. The normalized spacial score (nSPS) is 14.6. The van der Waals surface area contributed by atoms with Crippen molar-refractivity contribution in [2.24, 2.45) is 5.73 Å². The van der Waals surface area contributed by atoms with Crippen LogP contribution in [0.2, 0.25) is 0 Å². The quantitative estimate of drug-likeness (QED) is 0.801. The minimum Gasteiger partial charge on any atom is -0.319 e. The van der Waals surface area contributed by atoms with Crippen molar-refractivity contribution in [1.82, 2.24) is 0 Å². The predicted molar refractivity (Wildman–Crippen MR) is 63.1 cm³/mol. The van der Waals surface area contributed by atoms with Gasteiger partial charge in [0.25, 0.3) is 0 Å². The Balaban J connectivity index is 3.30. The van der Waals surface area contributed by atoms with E-state index in [2.05, 4.69) is 0 Å². The smallest absolute Gasteiger partial charge is 0.185 e. The van der Waals surface area contributed by atoms with Gasteiger partial charge in [0.05, 0.1) is 11.1 Å². The van der Waals surface area contributed by atoms with Crippen molar-refractivity contribution in [3.8, 4) is 0 Å². The summed E-state index contributed by atoms with van der Waals surface area (Å²) >= 11 is 0. The number of benzene rings is 1. The largest absolute Gasteiger partial charge is 0.319 e. The SMILES string of the molecule is CCC(C)(N)C(=O)c1c(C)cc(C)cc1F. The van der Waals surface area contributed by atoms with Gasteiger partial charge in [-0.25, -0.2) is 4.39 Å². The van der Waals surface area contributed by atoms with Gasteiger partial charge in [0.2, 0.25) is 0 Å². The van der Waals surface area contributed by atoms with Gasteiger partial charge in [-0.3, -0.25) is 4.79 Å². The zero-order valence-electron chi connectivity index (χ0n) is 10.2. The Morgan fingerprint density at radius 3 is 2.44 bits per heavy atom. The van der Waals surface area contributed by atoms with E-state index in [0.29, 0.717) is 12.0 Å². The molecule has 0 aromatic heterocycles. The zero-order chi connectivity index (χ0) is 12.5. The Morgan fingerprint density at radius 1 is 1.44 bits per heavy atom. The Labute approximate surface area is 95.7 Å². The van der Waals surface area contributed by atoms with E-state index in [9.17, 15) is 9.18 Å². The van der Waals surface area contributed by atoms with E-state index >= 15 is 0 Å². The molecule has 0 aliphatic heterocycles. The molecule has 1 rings (SSSR count). The van der Waals surface area contributed by atoms with Crippen molar-refractivity contribution in [1.29, 1.82) is 0 Å². The number of ketones is 1. The van der Waals surface area contributed by atoms with Crippen LogP contribution in [0.25, 0.3) is 0 Å². The highest BCUT2D eigenvalue weighted by Gasteiger charge is 2.30. The van der Waals surface area contributed by atoms with Crippen LogP contribution < -0.4 is 5.73 Å². The van der Waals surface area contributed by atoms with Crippen LogP contribution in [0.1, 0.15) is 41.8 Å². The lowest BCUT2D eigenvalue weighted by Gasteiger charge is -2.22. The molecule has 0 saturated heterocycles. The van der Waals surface area contributed by atoms with Crippen LogP contribution in [0, 0.1) is 19.7 Å². The molecule has 2 nitrogen and oxygen atoms in total. The number of nitrogens with two attached hydrogens (primary N) is 1. The fourth-order valence-electron chi connectivity index (χ4n) is 1.65. The first-order valence-corrected chi connectivity index (χ1v) is 5.40. The molecule has 0 radical (unpaired) electrons. The first-order chi connectivity index (χ1) is 7.29. The predicted octanol–water partition coefficient (Wildman–Crippen LogP) is 2.75. The second-order valence-electron chi connectivity index (χ2n) is 4.54. The number of carbonyl (C=O) groups excluding carboxylic acids is 1. The van der Waals surface area contributed by atoms with E-state index in [4.69, 9.17) is 5.73 Å². The number of rotatable bonds is 3. The second kappa shape index (κ2) is 4.34. The Bertz CT molecular complexity index is 401. The molecule has 1 atom stereocenters. The van der Waals surface area contributed by atoms with Gasteiger partial charge < -0.3 is 5.73 Å². The van der Waals surface area contributed by atoms with Crippen LogP contribution >= 0.6 is 0 Å². The van der Waals surface area contributed by atoms with Crippen molar-refractivity contribution in [2.45, 2.75) is 39.7 Å². The molecule has 0 bridgehead atoms. The Morgan fingerprint density at radius 2 is 2.00 bits per heavy atom. The summed E-state index contributed by atoms with van der Waals surface area (Å²) in [6.45, 7) is 6.98. The van der Waals surface area contributed by atoms with Crippen molar-refractivity contribution in [3.63, 3.8) is 0 Å². The van der Waals surface area contributed by atoms with E-state index in [1.165, 1.54) is 6.07 Å². The van der Waals surface area contributed by atoms with Crippen molar-refractivity contribution in [2.75, 3.05) is 0 Å². The van der Waals surface area contributed by atoms with E-state index in [-0.39, 0.29) is 11.3 Å². The lowest BCUT2D eigenvalue weighted by molar-refractivity contribution is 0.0893. The van der Waals surface area contributed by atoms with E-state index in [1.54, 1.807) is 26.8 Å². The van der Waals surface area contributed by atoms with Gasteiger partial charge in [0, 0.05) is 0 Å². The van der Waals surface area contributed by atoms with Gasteiger partial charge in [-0.1, -0.05) is 13.0 Å². The monoisotopic (exact) mass is 223 g/mol. The molecule has 16 heavy (non-hydrogen) atoms. The minimum absolute atomic E-state index is 0.123. The van der Waals surface area contributed by atoms with Crippen LogP contribution in [-0.2, 0) is 0 Å². The topological polar surface area (TPSA) is 43.1 Å². The lowest BCUT2D eigenvalue weighted by Crippen LogP contribution is -2.44. The summed E-state index contributed by atoms with van der Waals surface area (Å²) in [5.41, 5.74) is 6.43. The second-order valence-corrected chi connectivity index (χ2v) is 4.54. The number of Topliss-reactive ketones (excluding diaryl/α,β-unsaturated/α-hetero) is 1. The summed E-state index contributed by atoms with van der Waals surface area (Å²) in [4.78, 5) is 12.1. The number of carbonyl (C=O) groups is 1. The summed E-state index contributed by atoms with van der Waals surface area (Å²) < 4.78 is 13.8. The van der Waals surface area contributed by atoms with Gasteiger partial charge in [-0.05, 0) is 44.4 Å². The fourth-order valence-corrected chi connectivity index (χ4v) is 1.65. The molecule has 3 heteroatoms. The van der Waals surface area contributed by atoms with Gasteiger partial charge in [0.1, 0.15) is 5.82 Å². The summed E-state index contributed by atoms with van der Waals surface area (Å²) in [7, 11) is 0. The molecular formula is C13H18FNO. The zero-order valence-corrected chi connectivity index (χ0v) is 10.2. The number of halogens is 1. The molecule has 0 spiro atoms. The van der Waals surface area contributed by atoms with E-state index in [1.807, 2.05) is 6.92 Å². The summed E-state index contributed by atoms with van der Waals surface area (Å²) in [5, 5.41) is 0. The van der Waals surface area contributed by atoms with Gasteiger partial charge in [0.15, 0.2) is 5.78 Å². The van der Waals surface area contributed by atoms with Crippen LogP contribution in [0.5, 0.6) is 0 Å². The average molecular weight is 223 g/mol. The lowest BCUT2D eigenvalue weighted by atomic mass is 9.87. The van der Waals surface area contributed by atoms with Gasteiger partial charge in [-0.15, -0.1) is 0 Å². The molecule has 2 N–H and O–H groups in total. The molecule has 0 aliphatic carbocycles. The highest BCUT2D eigenvalue weighted by atomic mass is 19.1. The minimum atomic E-state index is -0.999. The third-order valence-electron chi connectivity index (χ3n) is 2.91. The van der Waals surface area contributed by atoms with Crippen molar-refractivity contribution in [3.05, 3.63) is 34.6 Å². The molecule has 0 amide bonds. The third kappa shape index (κ3) is 2.30.